The molecule has 9 aromatic carbocycles. The largest absolute Gasteiger partial charge is 0.333 e. The first-order valence-electron chi connectivity index (χ1n) is 21.4. The van der Waals surface area contributed by atoms with Gasteiger partial charge in [0.05, 0.1) is 33.8 Å². The number of para-hydroxylation sites is 5. The summed E-state index contributed by atoms with van der Waals surface area (Å²) in [6.07, 6.45) is 0. The van der Waals surface area contributed by atoms with Gasteiger partial charge in [-0.05, 0) is 140 Å². The van der Waals surface area contributed by atoms with Gasteiger partial charge in [0.25, 0.3) is 0 Å². The van der Waals surface area contributed by atoms with Gasteiger partial charge in [-0.2, -0.15) is 0 Å². The monoisotopic (exact) mass is 798 g/mol. The fourth-order valence-corrected chi connectivity index (χ4v) is 9.39. The lowest BCUT2D eigenvalue weighted by molar-refractivity contribution is 0.559. The zero-order valence-corrected chi connectivity index (χ0v) is 35.2. The topological polar surface area (TPSA) is 14.7 Å². The molecule has 62 heavy (non-hydrogen) atoms. The summed E-state index contributed by atoms with van der Waals surface area (Å²) < 4.78 is 2.37. The van der Waals surface area contributed by atoms with E-state index in [9.17, 15) is 0 Å². The van der Waals surface area contributed by atoms with Crippen LogP contribution < -0.4 is 14.7 Å². The van der Waals surface area contributed by atoms with Crippen LogP contribution in [0.15, 0.2) is 224 Å². The summed E-state index contributed by atoms with van der Waals surface area (Å²) in [6.45, 7) is 6.89. The molecule has 10 aromatic rings. The normalized spacial score (nSPS) is 12.4. The zero-order chi connectivity index (χ0) is 41.8. The van der Waals surface area contributed by atoms with Gasteiger partial charge in [0.1, 0.15) is 0 Å². The molecule has 1 aromatic heterocycles. The fraction of sp³-hybridized carbons (Fsp3) is 0.0690. The average molecular weight is 799 g/mol. The Kier molecular flexibility index (Phi) is 9.01. The van der Waals surface area contributed by atoms with E-state index < -0.39 is 0 Å². The molecule has 0 amide bonds. The maximum Gasteiger partial charge on any atom is 0.0700 e. The second-order valence-corrected chi connectivity index (χ2v) is 17.1. The van der Waals surface area contributed by atoms with Crippen LogP contribution in [0.4, 0.5) is 45.5 Å². The maximum absolute atomic E-state index is 2.50. The molecule has 0 N–H and O–H groups in total. The molecule has 0 fully saturated rings. The highest BCUT2D eigenvalue weighted by Crippen LogP contribution is 2.54. The third-order valence-corrected chi connectivity index (χ3v) is 12.1. The van der Waals surface area contributed by atoms with Crippen LogP contribution in [0.5, 0.6) is 0 Å². The van der Waals surface area contributed by atoms with E-state index in [0.717, 1.165) is 34.0 Å². The van der Waals surface area contributed by atoms with Crippen LogP contribution in [0.3, 0.4) is 0 Å². The fourth-order valence-electron chi connectivity index (χ4n) is 9.39. The van der Waals surface area contributed by atoms with Crippen molar-refractivity contribution in [3.63, 3.8) is 0 Å². The van der Waals surface area contributed by atoms with Crippen molar-refractivity contribution < 1.29 is 0 Å². The lowest BCUT2D eigenvalue weighted by Crippen LogP contribution is -2.41. The Hall–Kier alpha value is -7.82. The molecule has 0 bridgehead atoms. The molecule has 0 saturated heterocycles. The second kappa shape index (κ2) is 15.0. The van der Waals surface area contributed by atoms with Crippen LogP contribution in [-0.2, 0) is 0 Å². The SMILES string of the molecule is CC(C)(C)N1c2ccccc2N(c2ccccc2)c2ccc(-c3ccc(N(c4ccc(-c5ccccc5)cc4)c4ccc5c(c4)c4ccccc4n5-c4ccccc4)cc3)cc21. The highest BCUT2D eigenvalue weighted by Gasteiger charge is 2.35. The smallest absolute Gasteiger partial charge is 0.0700 e. The van der Waals surface area contributed by atoms with Crippen molar-refractivity contribution in [2.45, 2.75) is 26.3 Å². The Balaban J connectivity index is 1.03. The third-order valence-electron chi connectivity index (χ3n) is 12.1. The van der Waals surface area contributed by atoms with Crippen molar-refractivity contribution in [1.82, 2.24) is 4.57 Å². The standard InChI is InChI=1S/C58H46N4/c1-58(2,3)62-56-26-16-15-25-54(56)61(46-21-11-6-12-22-46)55-37-31-44(39-57(55)62)43-29-34-48(35-30-43)59(47-32-27-42(28-33-47)41-17-7-4-8-18-41)49-36-38-53-51(40-49)50-23-13-14-24-52(50)60(53)45-19-9-5-10-20-45/h4-40H,1-3H3. The molecule has 0 unspecified atom stereocenters. The van der Waals surface area contributed by atoms with Crippen LogP contribution in [0.2, 0.25) is 0 Å². The first-order chi connectivity index (χ1) is 30.4. The Morgan fingerprint density at radius 1 is 0.339 bits per heavy atom. The minimum absolute atomic E-state index is 0.166. The lowest BCUT2D eigenvalue weighted by atomic mass is 9.95. The van der Waals surface area contributed by atoms with E-state index in [1.165, 1.54) is 61.2 Å². The summed E-state index contributed by atoms with van der Waals surface area (Å²) in [5, 5.41) is 2.45. The quantitative estimate of drug-likeness (QED) is 0.160. The number of hydrogen-bond acceptors (Lipinski definition) is 3. The van der Waals surface area contributed by atoms with Gasteiger partial charge in [0, 0.05) is 44.7 Å². The summed E-state index contributed by atoms with van der Waals surface area (Å²) in [6, 6.07) is 81.3. The van der Waals surface area contributed by atoms with E-state index in [2.05, 4.69) is 264 Å². The Bertz CT molecular complexity index is 3200. The van der Waals surface area contributed by atoms with Crippen LogP contribution in [0.1, 0.15) is 20.8 Å². The molecule has 0 saturated carbocycles. The van der Waals surface area contributed by atoms with Crippen molar-refractivity contribution in [2.24, 2.45) is 0 Å². The van der Waals surface area contributed by atoms with Gasteiger partial charge in [0.2, 0.25) is 0 Å². The van der Waals surface area contributed by atoms with E-state index in [-0.39, 0.29) is 5.54 Å². The molecule has 11 rings (SSSR count). The molecular weight excluding hydrogens is 753 g/mol. The molecule has 0 aliphatic carbocycles. The minimum Gasteiger partial charge on any atom is -0.333 e. The van der Waals surface area contributed by atoms with Crippen LogP contribution in [0, 0.1) is 0 Å². The number of benzene rings is 9. The van der Waals surface area contributed by atoms with Crippen molar-refractivity contribution in [3.8, 4) is 27.9 Å². The Morgan fingerprint density at radius 3 is 1.48 bits per heavy atom. The summed E-state index contributed by atoms with van der Waals surface area (Å²) >= 11 is 0. The van der Waals surface area contributed by atoms with Gasteiger partial charge < -0.3 is 19.3 Å². The number of hydrogen-bond donors (Lipinski definition) is 0. The summed E-state index contributed by atoms with van der Waals surface area (Å²) in [5.74, 6) is 0. The van der Waals surface area contributed by atoms with Crippen LogP contribution in [-0.4, -0.2) is 10.1 Å². The zero-order valence-electron chi connectivity index (χ0n) is 35.2. The highest BCUT2D eigenvalue weighted by molar-refractivity contribution is 6.11. The number of aromatic nitrogens is 1. The third kappa shape index (κ3) is 6.40. The number of fused-ring (bicyclic) bond motifs is 5. The van der Waals surface area contributed by atoms with E-state index in [0.29, 0.717) is 0 Å². The molecule has 2 heterocycles. The molecule has 0 radical (unpaired) electrons. The number of rotatable bonds is 7. The summed E-state index contributed by atoms with van der Waals surface area (Å²) in [5.41, 5.74) is 17.2. The number of anilines is 8. The number of nitrogens with zero attached hydrogens (tertiary/aromatic N) is 4. The predicted molar refractivity (Wildman–Crippen MR) is 263 cm³/mol. The summed E-state index contributed by atoms with van der Waals surface area (Å²) in [4.78, 5) is 7.28. The van der Waals surface area contributed by atoms with E-state index in [1.807, 2.05) is 0 Å². The Labute approximate surface area is 363 Å². The average Bonchev–Trinajstić information content (AvgIpc) is 3.65. The van der Waals surface area contributed by atoms with Crippen LogP contribution >= 0.6 is 0 Å². The molecule has 4 heteroatoms. The molecule has 4 nitrogen and oxygen atoms in total. The first-order valence-corrected chi connectivity index (χ1v) is 21.4. The van der Waals surface area contributed by atoms with Gasteiger partial charge in [0.15, 0.2) is 0 Å². The molecule has 298 valence electrons. The van der Waals surface area contributed by atoms with Gasteiger partial charge in [-0.1, -0.05) is 127 Å². The highest BCUT2D eigenvalue weighted by atomic mass is 15.3. The molecule has 1 aliphatic rings. The minimum atomic E-state index is -0.166. The second-order valence-electron chi connectivity index (χ2n) is 17.1. The van der Waals surface area contributed by atoms with E-state index in [1.54, 1.807) is 0 Å². The van der Waals surface area contributed by atoms with Gasteiger partial charge >= 0.3 is 0 Å². The maximum atomic E-state index is 2.50. The van der Waals surface area contributed by atoms with Gasteiger partial charge in [-0.25, -0.2) is 0 Å². The Morgan fingerprint density at radius 2 is 0.823 bits per heavy atom. The summed E-state index contributed by atoms with van der Waals surface area (Å²) in [7, 11) is 0. The predicted octanol–water partition coefficient (Wildman–Crippen LogP) is 16.3. The van der Waals surface area contributed by atoms with Gasteiger partial charge in [-0.3, -0.25) is 0 Å². The van der Waals surface area contributed by atoms with Crippen molar-refractivity contribution in [2.75, 3.05) is 14.7 Å². The molecule has 0 spiro atoms. The first kappa shape index (κ1) is 37.2. The van der Waals surface area contributed by atoms with Crippen LogP contribution in [0.25, 0.3) is 49.7 Å². The lowest BCUT2D eigenvalue weighted by Gasteiger charge is -2.46. The van der Waals surface area contributed by atoms with Gasteiger partial charge in [-0.15, -0.1) is 0 Å². The van der Waals surface area contributed by atoms with Crippen molar-refractivity contribution in [1.29, 1.82) is 0 Å². The van der Waals surface area contributed by atoms with E-state index in [4.69, 9.17) is 0 Å². The van der Waals surface area contributed by atoms with E-state index >= 15 is 0 Å². The molecule has 0 atom stereocenters. The molecule has 1 aliphatic heterocycles. The molecular formula is C58H46N4. The van der Waals surface area contributed by atoms with Crippen molar-refractivity contribution in [3.05, 3.63) is 224 Å². The van der Waals surface area contributed by atoms with Crippen molar-refractivity contribution >= 4 is 67.3 Å².